The molecule has 0 aromatic heterocycles. The normalized spacial score (nSPS) is 29.2. The number of hydrogen-bond acceptors (Lipinski definition) is 3. The van der Waals surface area contributed by atoms with E-state index in [1.165, 1.54) is 23.4 Å². The third-order valence-corrected chi connectivity index (χ3v) is 6.09. The van der Waals surface area contributed by atoms with E-state index < -0.39 is 7.25 Å². The molecule has 1 aromatic carbocycles. The highest BCUT2D eigenvalue weighted by atomic mass is 19.5. The Kier molecular flexibility index (Phi) is 4.58. The molecule has 28 heavy (non-hydrogen) atoms. The summed E-state index contributed by atoms with van der Waals surface area (Å²) in [6.07, 6.45) is 9.22. The molecule has 0 amide bonds. The Hall–Kier alpha value is -2.19. The van der Waals surface area contributed by atoms with Crippen molar-refractivity contribution in [1.82, 2.24) is 0 Å². The average molecular weight is 399 g/mol. The first-order chi connectivity index (χ1) is 13.3. The average Bonchev–Trinajstić information content (AvgIpc) is 3.24. The highest BCUT2D eigenvalue weighted by molar-refractivity contribution is 6.50. The van der Waals surface area contributed by atoms with E-state index in [0.29, 0.717) is 12.0 Å². The molecule has 152 valence electrons. The highest BCUT2D eigenvalue weighted by Crippen LogP contribution is 2.53. The van der Waals surface area contributed by atoms with Crippen molar-refractivity contribution in [2.45, 2.75) is 37.3 Å². The molecule has 3 atom stereocenters. The smallest absolute Gasteiger partial charge is 0.493 e. The largest absolute Gasteiger partial charge is 0.673 e. The van der Waals surface area contributed by atoms with Crippen molar-refractivity contribution in [1.29, 1.82) is 0 Å². The maximum atomic E-state index is 9.75. The lowest BCUT2D eigenvalue weighted by molar-refractivity contribution is -0.645. The summed E-state index contributed by atoms with van der Waals surface area (Å²) in [6, 6.07) is 4.82. The molecule has 5 rings (SSSR count). The lowest BCUT2D eigenvalue weighted by Crippen LogP contribution is -2.54. The van der Waals surface area contributed by atoms with Crippen LogP contribution in [0.2, 0.25) is 0 Å². The minimum atomic E-state index is -6.00. The second-order valence-electron chi connectivity index (χ2n) is 7.49. The third-order valence-electron chi connectivity index (χ3n) is 6.09. The number of nitrogens with zero attached hydrogens (tertiary/aromatic N) is 1. The molecule has 0 fully saturated rings. The molecule has 9 heteroatoms. The number of rotatable bonds is 2. The van der Waals surface area contributed by atoms with Crippen LogP contribution in [-0.2, 0) is 16.7 Å². The van der Waals surface area contributed by atoms with Crippen molar-refractivity contribution >= 4 is 13.2 Å². The fraction of sp³-hybridized carbons (Fsp3) is 0.526. The zero-order chi connectivity index (χ0) is 20.1. The van der Waals surface area contributed by atoms with E-state index in [1.54, 1.807) is 14.2 Å². The fourth-order valence-corrected chi connectivity index (χ4v) is 5.19. The molecule has 0 radical (unpaired) electrons. The van der Waals surface area contributed by atoms with Gasteiger partial charge in [0.25, 0.3) is 0 Å². The van der Waals surface area contributed by atoms with E-state index in [1.807, 2.05) is 0 Å². The van der Waals surface area contributed by atoms with Gasteiger partial charge < -0.3 is 31.5 Å². The summed E-state index contributed by atoms with van der Waals surface area (Å²) in [5.74, 6) is 3.48. The summed E-state index contributed by atoms with van der Waals surface area (Å²) in [5.41, 5.74) is 2.72. The molecular weight excluding hydrogens is 377 g/mol. The van der Waals surface area contributed by atoms with Crippen LogP contribution in [0.1, 0.15) is 30.4 Å². The van der Waals surface area contributed by atoms with Gasteiger partial charge in [0.2, 0.25) is 5.54 Å². The number of fused-ring (bicyclic) bond motifs is 1. The Morgan fingerprint density at radius 2 is 1.82 bits per heavy atom. The molecule has 0 saturated heterocycles. The Morgan fingerprint density at radius 3 is 2.50 bits per heavy atom. The van der Waals surface area contributed by atoms with Gasteiger partial charge in [0.1, 0.15) is 0 Å². The van der Waals surface area contributed by atoms with Crippen molar-refractivity contribution in [3.63, 3.8) is 0 Å². The Labute approximate surface area is 160 Å². The second kappa shape index (κ2) is 6.70. The molecule has 3 heterocycles. The Balaban J connectivity index is 0.000000346. The topological polar surface area (TPSA) is 30.7 Å². The van der Waals surface area contributed by atoms with Gasteiger partial charge in [-0.3, -0.25) is 0 Å². The quantitative estimate of drug-likeness (QED) is 0.327. The van der Waals surface area contributed by atoms with Gasteiger partial charge in [0, 0.05) is 17.9 Å². The van der Waals surface area contributed by atoms with Crippen molar-refractivity contribution in [3.8, 4) is 11.5 Å². The lowest BCUT2D eigenvalue weighted by Gasteiger charge is -2.40. The van der Waals surface area contributed by atoms with Gasteiger partial charge in [-0.05, 0) is 36.6 Å². The van der Waals surface area contributed by atoms with Crippen molar-refractivity contribution in [2.75, 3.05) is 20.8 Å². The van der Waals surface area contributed by atoms with Crippen LogP contribution in [-0.4, -0.2) is 44.6 Å². The van der Waals surface area contributed by atoms with Gasteiger partial charge >= 0.3 is 13.2 Å². The van der Waals surface area contributed by atoms with E-state index in [-0.39, 0.29) is 5.54 Å². The zero-order valence-electron chi connectivity index (χ0n) is 15.8. The number of allylic oxidation sites excluding steroid dienone is 1. The molecule has 0 saturated carbocycles. The van der Waals surface area contributed by atoms with Gasteiger partial charge in [-0.2, -0.15) is 4.58 Å². The Morgan fingerprint density at radius 1 is 1.14 bits per heavy atom. The summed E-state index contributed by atoms with van der Waals surface area (Å²) in [4.78, 5) is 0. The van der Waals surface area contributed by atoms with Crippen LogP contribution < -0.4 is 9.47 Å². The molecule has 1 spiro atoms. The van der Waals surface area contributed by atoms with Crippen LogP contribution in [0.5, 0.6) is 11.5 Å². The first-order valence-electron chi connectivity index (χ1n) is 9.36. The molecule has 1 aromatic rings. The zero-order valence-corrected chi connectivity index (χ0v) is 15.8. The predicted molar refractivity (Wildman–Crippen MR) is 96.6 cm³/mol. The van der Waals surface area contributed by atoms with Crippen molar-refractivity contribution < 1.29 is 36.0 Å². The van der Waals surface area contributed by atoms with E-state index in [4.69, 9.17) is 14.2 Å². The maximum Gasteiger partial charge on any atom is 0.673 e. The van der Waals surface area contributed by atoms with Crippen LogP contribution >= 0.6 is 0 Å². The Bertz CT molecular complexity index is 848. The molecule has 1 aliphatic carbocycles. The van der Waals surface area contributed by atoms with Crippen molar-refractivity contribution in [2.24, 2.45) is 5.92 Å². The first kappa shape index (κ1) is 19.1. The molecule has 0 N–H and O–H groups in total. The van der Waals surface area contributed by atoms with Crippen LogP contribution in [0.25, 0.3) is 0 Å². The molecule has 4 aliphatic rings. The maximum absolute atomic E-state index is 9.75. The van der Waals surface area contributed by atoms with E-state index in [2.05, 4.69) is 28.9 Å². The number of benzene rings is 1. The summed E-state index contributed by atoms with van der Waals surface area (Å²) >= 11 is 0. The van der Waals surface area contributed by atoms with Crippen LogP contribution in [0.4, 0.5) is 17.3 Å². The SMILES string of the molecule is COc1cc2c(cc1OC)[C@]13C=CC[C@H]1CCC1=[N+]3[C@H](CO1)C2.F[B-](F)(F)F. The van der Waals surface area contributed by atoms with E-state index >= 15 is 0 Å². The predicted octanol–water partition coefficient (Wildman–Crippen LogP) is 3.93. The van der Waals surface area contributed by atoms with E-state index in [0.717, 1.165) is 37.4 Å². The highest BCUT2D eigenvalue weighted by Gasteiger charge is 2.62. The summed E-state index contributed by atoms with van der Waals surface area (Å²) in [6.45, 7) is 0.811. The molecule has 0 bridgehead atoms. The summed E-state index contributed by atoms with van der Waals surface area (Å²) < 4.78 is 58.8. The van der Waals surface area contributed by atoms with Crippen LogP contribution in [0, 0.1) is 5.92 Å². The second-order valence-corrected chi connectivity index (χ2v) is 7.49. The number of ether oxygens (including phenoxy) is 3. The number of hydrogen-bond donors (Lipinski definition) is 0. The molecule has 0 unspecified atom stereocenters. The number of methoxy groups -OCH3 is 2. The number of halogens is 4. The fourth-order valence-electron chi connectivity index (χ4n) is 5.19. The lowest BCUT2D eigenvalue weighted by atomic mass is 9.70. The van der Waals surface area contributed by atoms with Gasteiger partial charge in [-0.15, -0.1) is 0 Å². The summed E-state index contributed by atoms with van der Waals surface area (Å²) in [7, 11) is -2.58. The van der Waals surface area contributed by atoms with Crippen LogP contribution in [0.3, 0.4) is 0 Å². The third kappa shape index (κ3) is 2.95. The minimum Gasteiger partial charge on any atom is -0.493 e. The van der Waals surface area contributed by atoms with Gasteiger partial charge in [0.15, 0.2) is 24.1 Å². The van der Waals surface area contributed by atoms with Gasteiger partial charge in [0.05, 0.1) is 20.6 Å². The van der Waals surface area contributed by atoms with Crippen LogP contribution in [0.15, 0.2) is 24.3 Å². The van der Waals surface area contributed by atoms with E-state index in [9.17, 15) is 17.3 Å². The first-order valence-corrected chi connectivity index (χ1v) is 9.36. The summed E-state index contributed by atoms with van der Waals surface area (Å²) in [5, 5.41) is 0. The molecule has 4 nitrogen and oxygen atoms in total. The monoisotopic (exact) mass is 399 g/mol. The molecule has 3 aliphatic heterocycles. The minimum absolute atomic E-state index is 0.0398. The van der Waals surface area contributed by atoms with Gasteiger partial charge in [-0.25, -0.2) is 0 Å². The van der Waals surface area contributed by atoms with Crippen molar-refractivity contribution in [3.05, 3.63) is 35.4 Å². The standard InChI is InChI=1S/C19H22NO3.BF4/c1-21-16-9-12-8-14-11-23-18-6-5-13-4-3-7-19(13,20(14)18)15(12)10-17(16)22-2;2-1(3,4)5/h3,7,9-10,13-14H,4-6,8,11H2,1-2H3;/q+1;-1/t13-,14-,19-;/m0./s1. The molecular formula is C19H22BF4NO3. The van der Waals surface area contributed by atoms with Gasteiger partial charge in [-0.1, -0.05) is 6.08 Å².